The van der Waals surface area contributed by atoms with E-state index in [4.69, 9.17) is 17.3 Å². The lowest BCUT2D eigenvalue weighted by molar-refractivity contribution is 0.689. The second kappa shape index (κ2) is 5.26. The van der Waals surface area contributed by atoms with E-state index in [9.17, 15) is 0 Å². The van der Waals surface area contributed by atoms with Crippen molar-refractivity contribution in [2.45, 2.75) is 13.5 Å². The molecule has 0 bridgehead atoms. The Balaban J connectivity index is 1.95. The first-order valence-electron chi connectivity index (χ1n) is 6.61. The molecule has 0 aliphatic carbocycles. The van der Waals surface area contributed by atoms with Gasteiger partial charge in [0.2, 0.25) is 0 Å². The summed E-state index contributed by atoms with van der Waals surface area (Å²) in [5.41, 5.74) is 10.4. The molecule has 0 spiro atoms. The Morgan fingerprint density at radius 3 is 2.62 bits per heavy atom. The van der Waals surface area contributed by atoms with E-state index in [0.717, 1.165) is 27.5 Å². The molecular formula is C15H16ClN5. The van der Waals surface area contributed by atoms with E-state index in [1.807, 2.05) is 50.6 Å². The van der Waals surface area contributed by atoms with Gasteiger partial charge in [0, 0.05) is 30.0 Å². The highest BCUT2D eigenvalue weighted by Crippen LogP contribution is 2.27. The zero-order valence-electron chi connectivity index (χ0n) is 11.9. The molecule has 21 heavy (non-hydrogen) atoms. The van der Waals surface area contributed by atoms with Crippen LogP contribution in [0.25, 0.3) is 11.3 Å². The Kier molecular flexibility index (Phi) is 3.43. The smallest absolute Gasteiger partial charge is 0.119 e. The Hall–Kier alpha value is -2.27. The minimum Gasteiger partial charge on any atom is -0.396 e. The summed E-state index contributed by atoms with van der Waals surface area (Å²) in [5, 5.41) is 9.62. The molecule has 0 aliphatic rings. The maximum atomic E-state index is 6.18. The van der Waals surface area contributed by atoms with Gasteiger partial charge in [-0.3, -0.25) is 9.36 Å². The molecule has 0 amide bonds. The van der Waals surface area contributed by atoms with Crippen molar-refractivity contribution in [1.29, 1.82) is 0 Å². The molecule has 0 saturated carbocycles. The number of hydrogen-bond donors (Lipinski definition) is 1. The van der Waals surface area contributed by atoms with Crippen LogP contribution in [0, 0.1) is 6.92 Å². The molecule has 108 valence electrons. The van der Waals surface area contributed by atoms with E-state index in [1.165, 1.54) is 0 Å². The number of anilines is 1. The van der Waals surface area contributed by atoms with Gasteiger partial charge >= 0.3 is 0 Å². The van der Waals surface area contributed by atoms with Crippen molar-refractivity contribution < 1.29 is 0 Å². The van der Waals surface area contributed by atoms with Gasteiger partial charge < -0.3 is 5.73 Å². The predicted octanol–water partition coefficient (Wildman–Crippen LogP) is 2.88. The summed E-state index contributed by atoms with van der Waals surface area (Å²) in [6.07, 6.45) is 3.75. The molecule has 0 fully saturated rings. The molecule has 0 saturated heterocycles. The summed E-state index contributed by atoms with van der Waals surface area (Å²) in [4.78, 5) is 0. The van der Waals surface area contributed by atoms with Crippen molar-refractivity contribution in [3.8, 4) is 11.3 Å². The van der Waals surface area contributed by atoms with Crippen molar-refractivity contribution in [1.82, 2.24) is 19.6 Å². The second-order valence-electron chi connectivity index (χ2n) is 5.02. The third kappa shape index (κ3) is 2.64. The molecule has 2 heterocycles. The zero-order chi connectivity index (χ0) is 15.0. The Bertz CT molecular complexity index is 787. The number of halogens is 1. The summed E-state index contributed by atoms with van der Waals surface area (Å²) in [6, 6.07) is 7.72. The van der Waals surface area contributed by atoms with E-state index in [0.29, 0.717) is 12.2 Å². The van der Waals surface area contributed by atoms with Crippen LogP contribution < -0.4 is 5.73 Å². The average Bonchev–Trinajstić information content (AvgIpc) is 2.95. The maximum absolute atomic E-state index is 6.18. The maximum Gasteiger partial charge on any atom is 0.119 e. The third-order valence-electron chi connectivity index (χ3n) is 3.35. The van der Waals surface area contributed by atoms with Crippen LogP contribution in [0.1, 0.15) is 11.3 Å². The van der Waals surface area contributed by atoms with Crippen LogP contribution in [0.4, 0.5) is 5.69 Å². The van der Waals surface area contributed by atoms with Crippen molar-refractivity contribution in [3.05, 3.63) is 52.9 Å². The lowest BCUT2D eigenvalue weighted by Gasteiger charge is -2.03. The lowest BCUT2D eigenvalue weighted by Crippen LogP contribution is -2.01. The van der Waals surface area contributed by atoms with Gasteiger partial charge in [0.15, 0.2) is 0 Å². The Morgan fingerprint density at radius 2 is 1.95 bits per heavy atom. The van der Waals surface area contributed by atoms with Gasteiger partial charge in [-0.2, -0.15) is 10.2 Å². The Morgan fingerprint density at radius 1 is 1.19 bits per heavy atom. The molecule has 0 aliphatic heterocycles. The number of aromatic nitrogens is 4. The summed E-state index contributed by atoms with van der Waals surface area (Å²) in [6.45, 7) is 2.53. The number of benzene rings is 1. The van der Waals surface area contributed by atoms with Gasteiger partial charge in [0.25, 0.3) is 0 Å². The molecule has 3 rings (SSSR count). The van der Waals surface area contributed by atoms with Crippen molar-refractivity contribution in [3.63, 3.8) is 0 Å². The Labute approximate surface area is 127 Å². The highest BCUT2D eigenvalue weighted by atomic mass is 35.5. The molecule has 6 heteroatoms. The number of rotatable bonds is 3. The van der Waals surface area contributed by atoms with Gasteiger partial charge in [0.05, 0.1) is 17.9 Å². The molecule has 0 atom stereocenters. The van der Waals surface area contributed by atoms with E-state index in [1.54, 1.807) is 9.36 Å². The minimum absolute atomic E-state index is 0.586. The number of hydrogen-bond acceptors (Lipinski definition) is 3. The van der Waals surface area contributed by atoms with Gasteiger partial charge in [-0.1, -0.05) is 29.8 Å². The van der Waals surface area contributed by atoms with Crippen LogP contribution in [0.3, 0.4) is 0 Å². The van der Waals surface area contributed by atoms with E-state index < -0.39 is 0 Å². The third-order valence-corrected chi connectivity index (χ3v) is 3.72. The van der Waals surface area contributed by atoms with Crippen LogP contribution >= 0.6 is 11.6 Å². The molecule has 0 unspecified atom stereocenters. The van der Waals surface area contributed by atoms with Crippen LogP contribution in [0.15, 0.2) is 36.7 Å². The fourth-order valence-corrected chi connectivity index (χ4v) is 2.56. The molecule has 0 radical (unpaired) electrons. The van der Waals surface area contributed by atoms with Gasteiger partial charge in [0.1, 0.15) is 5.69 Å². The van der Waals surface area contributed by atoms with Crippen LogP contribution in [-0.2, 0) is 13.6 Å². The number of aryl methyl sites for hydroxylation is 2. The first-order chi connectivity index (χ1) is 10.0. The fourth-order valence-electron chi connectivity index (χ4n) is 2.36. The van der Waals surface area contributed by atoms with Crippen LogP contribution in [0.5, 0.6) is 0 Å². The molecule has 3 aromatic rings. The standard InChI is InChI=1S/C15H16ClN5/c1-10-12(8-20(2)18-10)15-14(17)9-21(19-15)7-11-5-3-4-6-13(11)16/h3-6,8-9H,7,17H2,1-2H3. The molecule has 5 nitrogen and oxygen atoms in total. The van der Waals surface area contributed by atoms with E-state index in [-0.39, 0.29) is 0 Å². The van der Waals surface area contributed by atoms with E-state index in [2.05, 4.69) is 10.2 Å². The number of nitrogens with zero attached hydrogens (tertiary/aromatic N) is 4. The van der Waals surface area contributed by atoms with Crippen molar-refractivity contribution >= 4 is 17.3 Å². The summed E-state index contributed by atoms with van der Waals surface area (Å²) in [5.74, 6) is 0. The molecular weight excluding hydrogens is 286 g/mol. The van der Waals surface area contributed by atoms with Gasteiger partial charge in [-0.25, -0.2) is 0 Å². The summed E-state index contributed by atoms with van der Waals surface area (Å²) in [7, 11) is 1.88. The van der Waals surface area contributed by atoms with Crippen LogP contribution in [-0.4, -0.2) is 19.6 Å². The molecule has 2 aromatic heterocycles. The first-order valence-corrected chi connectivity index (χ1v) is 6.99. The quantitative estimate of drug-likeness (QED) is 0.809. The van der Waals surface area contributed by atoms with E-state index >= 15 is 0 Å². The second-order valence-corrected chi connectivity index (χ2v) is 5.43. The average molecular weight is 302 g/mol. The topological polar surface area (TPSA) is 61.7 Å². The van der Waals surface area contributed by atoms with Crippen molar-refractivity contribution in [2.75, 3.05) is 5.73 Å². The molecule has 1 aromatic carbocycles. The number of nitrogens with two attached hydrogens (primary N) is 1. The summed E-state index contributed by atoms with van der Waals surface area (Å²) >= 11 is 6.18. The van der Waals surface area contributed by atoms with Crippen molar-refractivity contribution in [2.24, 2.45) is 7.05 Å². The highest BCUT2D eigenvalue weighted by molar-refractivity contribution is 6.31. The fraction of sp³-hybridized carbons (Fsp3) is 0.200. The lowest BCUT2D eigenvalue weighted by atomic mass is 10.2. The highest BCUT2D eigenvalue weighted by Gasteiger charge is 2.14. The normalized spacial score (nSPS) is 11.0. The van der Waals surface area contributed by atoms with Crippen LogP contribution in [0.2, 0.25) is 5.02 Å². The SMILES string of the molecule is Cc1nn(C)cc1-c1nn(Cc2ccccc2Cl)cc1N. The number of nitrogen functional groups attached to an aromatic ring is 1. The first kappa shape index (κ1) is 13.7. The molecule has 2 N–H and O–H groups in total. The monoisotopic (exact) mass is 301 g/mol. The van der Waals surface area contributed by atoms with Gasteiger partial charge in [-0.05, 0) is 18.6 Å². The van der Waals surface area contributed by atoms with Gasteiger partial charge in [-0.15, -0.1) is 0 Å². The zero-order valence-corrected chi connectivity index (χ0v) is 12.7. The largest absolute Gasteiger partial charge is 0.396 e. The predicted molar refractivity (Wildman–Crippen MR) is 84.1 cm³/mol. The minimum atomic E-state index is 0.586. The summed E-state index contributed by atoms with van der Waals surface area (Å²) < 4.78 is 3.56.